The van der Waals surface area contributed by atoms with Gasteiger partial charge in [-0.25, -0.2) is 4.39 Å². The molecule has 0 unspecified atom stereocenters. The first-order valence-electron chi connectivity index (χ1n) is 10.1. The van der Waals surface area contributed by atoms with Crippen LogP contribution in [0.15, 0.2) is 36.7 Å². The van der Waals surface area contributed by atoms with E-state index in [2.05, 4.69) is 24.3 Å². The molecule has 1 nitrogen and oxygen atoms in total. The van der Waals surface area contributed by atoms with Crippen LogP contribution in [0.1, 0.15) is 74.8 Å². The van der Waals surface area contributed by atoms with E-state index in [0.29, 0.717) is 6.61 Å². The predicted molar refractivity (Wildman–Crippen MR) is 102 cm³/mol. The molecular formula is C23H33FO. The molecule has 0 saturated heterocycles. The maximum Gasteiger partial charge on any atom is 0.0827 e. The van der Waals surface area contributed by atoms with E-state index < -0.39 is 0 Å². The summed E-state index contributed by atoms with van der Waals surface area (Å²) in [7, 11) is 1.75. The van der Waals surface area contributed by atoms with Gasteiger partial charge in [0.05, 0.1) is 12.9 Å². The lowest BCUT2D eigenvalue weighted by molar-refractivity contribution is 0.160. The van der Waals surface area contributed by atoms with Crippen molar-refractivity contribution in [2.45, 2.75) is 70.3 Å². The van der Waals surface area contributed by atoms with Crippen LogP contribution in [0.5, 0.6) is 0 Å². The summed E-state index contributed by atoms with van der Waals surface area (Å²) < 4.78 is 17.4. The molecule has 1 aromatic carbocycles. The summed E-state index contributed by atoms with van der Waals surface area (Å²) in [5, 5.41) is 0. The monoisotopic (exact) mass is 344 g/mol. The van der Waals surface area contributed by atoms with Crippen molar-refractivity contribution in [3.8, 4) is 0 Å². The third kappa shape index (κ3) is 5.17. The first-order valence-corrected chi connectivity index (χ1v) is 10.1. The van der Waals surface area contributed by atoms with Gasteiger partial charge in [0.15, 0.2) is 0 Å². The highest BCUT2D eigenvalue weighted by Crippen LogP contribution is 2.44. The van der Waals surface area contributed by atoms with Crippen molar-refractivity contribution < 1.29 is 9.13 Å². The fraction of sp³-hybridized carbons (Fsp3) is 0.652. The van der Waals surface area contributed by atoms with Gasteiger partial charge in [-0.3, -0.25) is 0 Å². The standard InChI is InChI=1S/C23H33FO/c1-25-17-19-6-10-21(11-7-19)23-14-12-22(13-15-23)20-8-4-18(5-9-20)3-2-16-24/h2,6-7,10-11,16,18,20,22-23H,3-5,8-9,12-15,17H2,1H3/b16-2+/t18-,20-,22?,23?. The van der Waals surface area contributed by atoms with Gasteiger partial charge in [-0.1, -0.05) is 30.3 Å². The molecule has 0 atom stereocenters. The molecule has 2 fully saturated rings. The molecule has 0 bridgehead atoms. The Morgan fingerprint density at radius 1 is 0.920 bits per heavy atom. The summed E-state index contributed by atoms with van der Waals surface area (Å²) in [4.78, 5) is 0. The summed E-state index contributed by atoms with van der Waals surface area (Å²) in [5.41, 5.74) is 2.78. The molecule has 0 N–H and O–H groups in total. The van der Waals surface area contributed by atoms with Crippen LogP contribution < -0.4 is 0 Å². The smallest absolute Gasteiger partial charge is 0.0827 e. The van der Waals surface area contributed by atoms with Gasteiger partial charge in [-0.05, 0) is 92.6 Å². The zero-order chi connectivity index (χ0) is 17.5. The molecule has 2 heteroatoms. The number of hydrogen-bond acceptors (Lipinski definition) is 1. The molecule has 2 aliphatic carbocycles. The van der Waals surface area contributed by atoms with E-state index >= 15 is 0 Å². The Balaban J connectivity index is 1.44. The lowest BCUT2D eigenvalue weighted by Gasteiger charge is -2.38. The normalized spacial score (nSPS) is 30.6. The fourth-order valence-electron chi connectivity index (χ4n) is 5.12. The summed E-state index contributed by atoms with van der Waals surface area (Å²) in [6, 6.07) is 9.06. The van der Waals surface area contributed by atoms with E-state index in [1.807, 2.05) is 0 Å². The molecule has 0 amide bonds. The molecule has 1 aromatic rings. The number of methoxy groups -OCH3 is 1. The molecule has 0 aliphatic heterocycles. The highest BCUT2D eigenvalue weighted by Gasteiger charge is 2.30. The Labute approximate surface area is 152 Å². The zero-order valence-electron chi connectivity index (χ0n) is 15.6. The SMILES string of the molecule is COCc1ccc(C2CCC([C@H]3CC[C@H](C/C=C/F)CC3)CC2)cc1. The van der Waals surface area contributed by atoms with Crippen LogP contribution in [-0.2, 0) is 11.3 Å². The van der Waals surface area contributed by atoms with Gasteiger partial charge in [-0.15, -0.1) is 0 Å². The van der Waals surface area contributed by atoms with Crippen molar-refractivity contribution in [3.05, 3.63) is 47.8 Å². The molecule has 0 aromatic heterocycles. The van der Waals surface area contributed by atoms with Crippen molar-refractivity contribution in [2.75, 3.05) is 7.11 Å². The number of halogens is 1. The van der Waals surface area contributed by atoms with Gasteiger partial charge in [0.1, 0.15) is 0 Å². The van der Waals surface area contributed by atoms with Crippen molar-refractivity contribution in [1.82, 2.24) is 0 Å². The second-order valence-corrected chi connectivity index (χ2v) is 8.16. The van der Waals surface area contributed by atoms with E-state index in [9.17, 15) is 4.39 Å². The molecule has 138 valence electrons. The number of benzene rings is 1. The quantitative estimate of drug-likeness (QED) is 0.552. The zero-order valence-corrected chi connectivity index (χ0v) is 15.6. The van der Waals surface area contributed by atoms with E-state index in [1.54, 1.807) is 13.2 Å². The van der Waals surface area contributed by atoms with Gasteiger partial charge in [0, 0.05) is 7.11 Å². The van der Waals surface area contributed by atoms with Crippen molar-refractivity contribution in [1.29, 1.82) is 0 Å². The third-order valence-corrected chi connectivity index (χ3v) is 6.65. The minimum atomic E-state index is 0.705. The molecule has 0 spiro atoms. The lowest BCUT2D eigenvalue weighted by atomic mass is 9.68. The predicted octanol–water partition coefficient (Wildman–Crippen LogP) is 6.79. The lowest BCUT2D eigenvalue weighted by Crippen LogP contribution is -2.25. The molecular weight excluding hydrogens is 311 g/mol. The Morgan fingerprint density at radius 2 is 1.52 bits per heavy atom. The molecule has 3 rings (SSSR count). The summed E-state index contributed by atoms with van der Waals surface area (Å²) in [6.45, 7) is 0.705. The van der Waals surface area contributed by atoms with E-state index in [4.69, 9.17) is 4.74 Å². The van der Waals surface area contributed by atoms with Crippen molar-refractivity contribution in [3.63, 3.8) is 0 Å². The Morgan fingerprint density at radius 3 is 2.08 bits per heavy atom. The van der Waals surface area contributed by atoms with Crippen LogP contribution in [0.2, 0.25) is 0 Å². The van der Waals surface area contributed by atoms with Crippen LogP contribution in [-0.4, -0.2) is 7.11 Å². The number of allylic oxidation sites excluding steroid dienone is 1. The second kappa shape index (κ2) is 9.52. The fourth-order valence-corrected chi connectivity index (χ4v) is 5.12. The first kappa shape index (κ1) is 18.6. The Kier molecular flexibility index (Phi) is 7.10. The van der Waals surface area contributed by atoms with E-state index in [0.717, 1.165) is 36.4 Å². The number of ether oxygens (including phenoxy) is 1. The molecule has 25 heavy (non-hydrogen) atoms. The maximum absolute atomic E-state index is 12.2. The van der Waals surface area contributed by atoms with Crippen molar-refractivity contribution in [2.24, 2.45) is 17.8 Å². The third-order valence-electron chi connectivity index (χ3n) is 6.65. The second-order valence-electron chi connectivity index (χ2n) is 8.16. The molecule has 2 saturated carbocycles. The molecule has 2 aliphatic rings. The van der Waals surface area contributed by atoms with Crippen LogP contribution in [0.4, 0.5) is 4.39 Å². The molecule has 0 heterocycles. The van der Waals surface area contributed by atoms with Gasteiger partial charge < -0.3 is 4.74 Å². The van der Waals surface area contributed by atoms with Crippen LogP contribution >= 0.6 is 0 Å². The van der Waals surface area contributed by atoms with E-state index in [1.165, 1.54) is 62.5 Å². The minimum absolute atomic E-state index is 0.705. The van der Waals surface area contributed by atoms with Crippen molar-refractivity contribution >= 4 is 0 Å². The summed E-state index contributed by atoms with van der Waals surface area (Å²) >= 11 is 0. The highest BCUT2D eigenvalue weighted by molar-refractivity contribution is 5.25. The number of rotatable bonds is 6. The van der Waals surface area contributed by atoms with Crippen LogP contribution in [0.25, 0.3) is 0 Å². The largest absolute Gasteiger partial charge is 0.380 e. The first-order chi connectivity index (χ1) is 12.3. The van der Waals surface area contributed by atoms with Gasteiger partial charge in [0.2, 0.25) is 0 Å². The van der Waals surface area contributed by atoms with Gasteiger partial charge >= 0.3 is 0 Å². The average Bonchev–Trinajstić information content (AvgIpc) is 2.68. The topological polar surface area (TPSA) is 9.23 Å². The maximum atomic E-state index is 12.2. The summed E-state index contributed by atoms with van der Waals surface area (Å²) in [5.74, 6) is 3.33. The summed E-state index contributed by atoms with van der Waals surface area (Å²) in [6.07, 6.45) is 14.2. The number of hydrogen-bond donors (Lipinski definition) is 0. The van der Waals surface area contributed by atoms with Crippen LogP contribution in [0.3, 0.4) is 0 Å². The molecule has 0 radical (unpaired) electrons. The van der Waals surface area contributed by atoms with Crippen LogP contribution in [0, 0.1) is 17.8 Å². The average molecular weight is 345 g/mol. The highest BCUT2D eigenvalue weighted by atomic mass is 19.1. The van der Waals surface area contributed by atoms with E-state index in [-0.39, 0.29) is 0 Å². The van der Waals surface area contributed by atoms with Gasteiger partial charge in [-0.2, -0.15) is 0 Å². The van der Waals surface area contributed by atoms with Gasteiger partial charge in [0.25, 0.3) is 0 Å². The Bertz CT molecular complexity index is 520. The minimum Gasteiger partial charge on any atom is -0.380 e. The Hall–Kier alpha value is -1.15.